The molecule has 1 heterocycles. The lowest BCUT2D eigenvalue weighted by Gasteiger charge is -2.35. The highest BCUT2D eigenvalue weighted by atomic mass is 15.2. The molecule has 0 aromatic carbocycles. The maximum Gasteiger partial charge on any atom is 0.00951 e. The highest BCUT2D eigenvalue weighted by Crippen LogP contribution is 2.21. The Labute approximate surface area is 89.9 Å². The highest BCUT2D eigenvalue weighted by molar-refractivity contribution is 4.75. The van der Waals surface area contributed by atoms with E-state index in [1.807, 2.05) is 0 Å². The third-order valence-electron chi connectivity index (χ3n) is 3.75. The van der Waals surface area contributed by atoms with E-state index in [-0.39, 0.29) is 0 Å². The van der Waals surface area contributed by atoms with E-state index in [1.165, 1.54) is 51.6 Å². The maximum absolute atomic E-state index is 2.73. The van der Waals surface area contributed by atoms with Gasteiger partial charge in [-0.25, -0.2) is 0 Å². The first kappa shape index (κ1) is 12.0. The van der Waals surface area contributed by atoms with Crippen molar-refractivity contribution in [3.8, 4) is 0 Å². The zero-order valence-corrected chi connectivity index (χ0v) is 10.3. The molecule has 0 aliphatic carbocycles. The molecule has 1 heteroatoms. The molecule has 0 N–H and O–H groups in total. The number of nitrogens with zero attached hydrogens (tertiary/aromatic N) is 1. The first-order valence-corrected chi connectivity index (χ1v) is 6.52. The lowest BCUT2D eigenvalue weighted by Crippen LogP contribution is -2.39. The fourth-order valence-electron chi connectivity index (χ4n) is 2.49. The van der Waals surface area contributed by atoms with Crippen molar-refractivity contribution >= 4 is 0 Å². The van der Waals surface area contributed by atoms with E-state index in [4.69, 9.17) is 0 Å². The summed E-state index contributed by atoms with van der Waals surface area (Å²) in [7, 11) is 0. The summed E-state index contributed by atoms with van der Waals surface area (Å²) >= 11 is 0. The van der Waals surface area contributed by atoms with E-state index in [1.54, 1.807) is 0 Å². The molecule has 1 aliphatic heterocycles. The van der Waals surface area contributed by atoms with Crippen LogP contribution in [-0.2, 0) is 0 Å². The van der Waals surface area contributed by atoms with Crippen LogP contribution in [0.15, 0.2) is 0 Å². The molecule has 0 amide bonds. The first-order valence-electron chi connectivity index (χ1n) is 6.52. The second kappa shape index (κ2) is 6.44. The molecule has 0 radical (unpaired) electrons. The van der Waals surface area contributed by atoms with Crippen LogP contribution in [0.25, 0.3) is 0 Å². The number of piperidine rings is 1. The van der Waals surface area contributed by atoms with Crippen LogP contribution in [-0.4, -0.2) is 24.0 Å². The summed E-state index contributed by atoms with van der Waals surface area (Å²) in [6.07, 6.45) is 8.39. The van der Waals surface area contributed by atoms with Crippen molar-refractivity contribution in [2.75, 3.05) is 13.1 Å². The quantitative estimate of drug-likeness (QED) is 0.650. The van der Waals surface area contributed by atoms with Gasteiger partial charge in [0.25, 0.3) is 0 Å². The largest absolute Gasteiger partial charge is 0.300 e. The molecule has 1 fully saturated rings. The molecule has 0 aromatic heterocycles. The minimum atomic E-state index is 0.866. The molecule has 0 saturated carbocycles. The highest BCUT2D eigenvalue weighted by Gasteiger charge is 2.20. The van der Waals surface area contributed by atoms with Gasteiger partial charge in [-0.2, -0.15) is 0 Å². The zero-order chi connectivity index (χ0) is 10.4. The average molecular weight is 197 g/mol. The molecule has 1 aliphatic rings. The topological polar surface area (TPSA) is 3.24 Å². The molecule has 84 valence electrons. The van der Waals surface area contributed by atoms with E-state index in [0.717, 1.165) is 12.0 Å². The Bertz CT molecular complexity index is 138. The lowest BCUT2D eigenvalue weighted by molar-refractivity contribution is 0.138. The summed E-state index contributed by atoms with van der Waals surface area (Å²) in [5.74, 6) is 0.905. The molecule has 1 unspecified atom stereocenters. The number of hydrogen-bond acceptors (Lipinski definition) is 1. The maximum atomic E-state index is 2.73. The van der Waals surface area contributed by atoms with Crippen LogP contribution in [0.3, 0.4) is 0 Å². The van der Waals surface area contributed by atoms with E-state index >= 15 is 0 Å². The van der Waals surface area contributed by atoms with Gasteiger partial charge in [-0.05, 0) is 44.7 Å². The molecule has 14 heavy (non-hydrogen) atoms. The summed E-state index contributed by atoms with van der Waals surface area (Å²) < 4.78 is 0. The van der Waals surface area contributed by atoms with E-state index in [0.29, 0.717) is 0 Å². The van der Waals surface area contributed by atoms with Crippen LogP contribution in [0, 0.1) is 5.92 Å². The Morgan fingerprint density at radius 2 is 1.64 bits per heavy atom. The van der Waals surface area contributed by atoms with Crippen molar-refractivity contribution in [3.05, 3.63) is 0 Å². The molecular weight excluding hydrogens is 170 g/mol. The molecule has 1 saturated heterocycles. The summed E-state index contributed by atoms with van der Waals surface area (Å²) in [6, 6.07) is 0.866. The molecule has 0 aromatic rings. The van der Waals surface area contributed by atoms with Gasteiger partial charge >= 0.3 is 0 Å². The van der Waals surface area contributed by atoms with Gasteiger partial charge in [-0.15, -0.1) is 0 Å². The summed E-state index contributed by atoms with van der Waals surface area (Å²) in [5, 5.41) is 0. The van der Waals surface area contributed by atoms with E-state index in [2.05, 4.69) is 25.7 Å². The third kappa shape index (κ3) is 3.61. The summed E-state index contributed by atoms with van der Waals surface area (Å²) in [6.45, 7) is 9.77. The van der Waals surface area contributed by atoms with Crippen LogP contribution in [0.2, 0.25) is 0 Å². The molecule has 1 rings (SSSR count). The fraction of sp³-hybridized carbons (Fsp3) is 1.00. The van der Waals surface area contributed by atoms with Crippen molar-refractivity contribution in [1.82, 2.24) is 4.90 Å². The second-order valence-corrected chi connectivity index (χ2v) is 4.91. The van der Waals surface area contributed by atoms with Crippen molar-refractivity contribution < 1.29 is 0 Å². The van der Waals surface area contributed by atoms with Crippen LogP contribution < -0.4 is 0 Å². The normalized spacial score (nSPS) is 23.4. The molecule has 0 spiro atoms. The van der Waals surface area contributed by atoms with Crippen molar-refractivity contribution in [1.29, 1.82) is 0 Å². The molecule has 2 atom stereocenters. The van der Waals surface area contributed by atoms with Crippen molar-refractivity contribution in [2.24, 2.45) is 5.92 Å². The monoisotopic (exact) mass is 197 g/mol. The van der Waals surface area contributed by atoms with Gasteiger partial charge in [0.05, 0.1) is 0 Å². The Balaban J connectivity index is 2.35. The van der Waals surface area contributed by atoms with Crippen LogP contribution in [0.1, 0.15) is 59.3 Å². The summed E-state index contributed by atoms with van der Waals surface area (Å²) in [5.41, 5.74) is 0. The van der Waals surface area contributed by atoms with E-state index < -0.39 is 0 Å². The van der Waals surface area contributed by atoms with Gasteiger partial charge in [0.1, 0.15) is 0 Å². The average Bonchev–Trinajstić information content (AvgIpc) is 2.26. The van der Waals surface area contributed by atoms with Crippen molar-refractivity contribution in [3.63, 3.8) is 0 Å². The van der Waals surface area contributed by atoms with Gasteiger partial charge in [0, 0.05) is 6.04 Å². The number of likely N-dealkylation sites (tertiary alicyclic amines) is 1. The third-order valence-corrected chi connectivity index (χ3v) is 3.75. The van der Waals surface area contributed by atoms with Crippen LogP contribution in [0.4, 0.5) is 0 Å². The van der Waals surface area contributed by atoms with Crippen molar-refractivity contribution in [2.45, 2.75) is 65.3 Å². The Kier molecular flexibility index (Phi) is 5.54. The van der Waals surface area contributed by atoms with E-state index in [9.17, 15) is 0 Å². The predicted molar refractivity (Wildman–Crippen MR) is 63.6 cm³/mol. The SMILES string of the molecule is CCC(C[C@@H](C)CC)N1CCCCC1. The smallest absolute Gasteiger partial charge is 0.00951 e. The van der Waals surface area contributed by atoms with Gasteiger partial charge in [0.2, 0.25) is 0 Å². The number of hydrogen-bond donors (Lipinski definition) is 0. The van der Waals surface area contributed by atoms with Gasteiger partial charge < -0.3 is 4.90 Å². The predicted octanol–water partition coefficient (Wildman–Crippen LogP) is 3.69. The minimum absolute atomic E-state index is 0.866. The molecular formula is C13H27N. The Morgan fingerprint density at radius 3 is 2.14 bits per heavy atom. The zero-order valence-electron chi connectivity index (χ0n) is 10.3. The van der Waals surface area contributed by atoms with Gasteiger partial charge in [0.15, 0.2) is 0 Å². The standard InChI is InChI=1S/C13H27N/c1-4-12(3)11-13(5-2)14-9-7-6-8-10-14/h12-13H,4-11H2,1-3H3/t12-,13?/m0/s1. The Morgan fingerprint density at radius 1 is 1.00 bits per heavy atom. The molecule has 1 nitrogen and oxygen atoms in total. The summed E-state index contributed by atoms with van der Waals surface area (Å²) in [4.78, 5) is 2.73. The number of rotatable bonds is 5. The van der Waals surface area contributed by atoms with Gasteiger partial charge in [-0.3, -0.25) is 0 Å². The second-order valence-electron chi connectivity index (χ2n) is 4.91. The fourth-order valence-corrected chi connectivity index (χ4v) is 2.49. The minimum Gasteiger partial charge on any atom is -0.300 e. The molecule has 0 bridgehead atoms. The Hall–Kier alpha value is -0.0400. The first-order chi connectivity index (χ1) is 6.77. The lowest BCUT2D eigenvalue weighted by atomic mass is 9.95. The van der Waals surface area contributed by atoms with Crippen LogP contribution >= 0.6 is 0 Å². The van der Waals surface area contributed by atoms with Crippen LogP contribution in [0.5, 0.6) is 0 Å². The van der Waals surface area contributed by atoms with Gasteiger partial charge in [-0.1, -0.05) is 33.6 Å².